The maximum atomic E-state index is 3.82. The molecule has 2 heteroatoms. The van der Waals surface area contributed by atoms with Crippen LogP contribution in [0.15, 0.2) is 0 Å². The summed E-state index contributed by atoms with van der Waals surface area (Å²) in [4.78, 5) is 2.65. The minimum absolute atomic E-state index is 0.242. The van der Waals surface area contributed by atoms with Gasteiger partial charge in [0.25, 0.3) is 0 Å². The molecule has 2 saturated carbocycles. The maximum absolute atomic E-state index is 3.82. The van der Waals surface area contributed by atoms with Crippen LogP contribution in [0.25, 0.3) is 0 Å². The van der Waals surface area contributed by atoms with Crippen LogP contribution in [0.1, 0.15) is 78.6 Å². The zero-order valence-electron chi connectivity index (χ0n) is 15.0. The Morgan fingerprint density at radius 1 is 1.00 bits per heavy atom. The molecule has 2 fully saturated rings. The van der Waals surface area contributed by atoms with E-state index in [4.69, 9.17) is 0 Å². The van der Waals surface area contributed by atoms with E-state index < -0.39 is 0 Å². The number of hydrogen-bond acceptors (Lipinski definition) is 2. The molecule has 2 aliphatic carbocycles. The van der Waals surface area contributed by atoms with Gasteiger partial charge in [0.05, 0.1) is 0 Å². The summed E-state index contributed by atoms with van der Waals surface area (Å²) in [6, 6.07) is 0. The second kappa shape index (κ2) is 7.46. The molecule has 2 nitrogen and oxygen atoms in total. The molecule has 0 aliphatic heterocycles. The zero-order chi connectivity index (χ0) is 15.3. The molecule has 1 N–H and O–H groups in total. The van der Waals surface area contributed by atoms with Crippen molar-refractivity contribution in [2.45, 2.75) is 84.1 Å². The first-order chi connectivity index (χ1) is 9.89. The van der Waals surface area contributed by atoms with E-state index in [1.165, 1.54) is 77.4 Å². The van der Waals surface area contributed by atoms with Crippen molar-refractivity contribution in [3.8, 4) is 0 Å². The summed E-state index contributed by atoms with van der Waals surface area (Å²) in [6.07, 6.45) is 13.0. The third-order valence-electron chi connectivity index (χ3n) is 5.56. The lowest BCUT2D eigenvalue weighted by atomic mass is 9.78. The molecule has 0 aromatic heterocycles. The highest BCUT2D eigenvalue weighted by Crippen LogP contribution is 2.36. The summed E-state index contributed by atoms with van der Waals surface area (Å²) in [5.74, 6) is 0.994. The van der Waals surface area contributed by atoms with Crippen LogP contribution in [0.3, 0.4) is 0 Å². The van der Waals surface area contributed by atoms with Gasteiger partial charge in [-0.2, -0.15) is 0 Å². The lowest BCUT2D eigenvalue weighted by molar-refractivity contribution is 0.110. The van der Waals surface area contributed by atoms with Gasteiger partial charge in [-0.1, -0.05) is 32.1 Å². The van der Waals surface area contributed by atoms with Crippen LogP contribution in [0, 0.1) is 11.3 Å². The molecule has 0 radical (unpaired) electrons. The molecule has 0 unspecified atom stereocenters. The predicted molar refractivity (Wildman–Crippen MR) is 92.7 cm³/mol. The van der Waals surface area contributed by atoms with Gasteiger partial charge >= 0.3 is 0 Å². The Labute approximate surface area is 133 Å². The average molecular weight is 295 g/mol. The van der Waals surface area contributed by atoms with Gasteiger partial charge in [-0.25, -0.2) is 0 Å². The molecule has 0 aromatic rings. The molecule has 0 amide bonds. The molecule has 0 spiro atoms. The number of hydrogen-bond donors (Lipinski definition) is 1. The van der Waals surface area contributed by atoms with E-state index in [-0.39, 0.29) is 5.54 Å². The lowest BCUT2D eigenvalue weighted by Crippen LogP contribution is -2.49. The van der Waals surface area contributed by atoms with Gasteiger partial charge in [-0.3, -0.25) is 0 Å². The van der Waals surface area contributed by atoms with Crippen LogP contribution < -0.4 is 5.32 Å². The second-order valence-electron chi connectivity index (χ2n) is 9.01. The molecule has 21 heavy (non-hydrogen) atoms. The van der Waals surface area contributed by atoms with Crippen LogP contribution in [0.4, 0.5) is 0 Å². The largest absolute Gasteiger partial charge is 0.311 e. The van der Waals surface area contributed by atoms with E-state index in [1.54, 1.807) is 0 Å². The lowest BCUT2D eigenvalue weighted by Gasteiger charge is -2.41. The van der Waals surface area contributed by atoms with Gasteiger partial charge in [-0.15, -0.1) is 0 Å². The highest BCUT2D eigenvalue weighted by molar-refractivity contribution is 4.89. The first-order valence-electron chi connectivity index (χ1n) is 9.32. The van der Waals surface area contributed by atoms with Crippen molar-refractivity contribution in [3.05, 3.63) is 0 Å². The molecule has 124 valence electrons. The summed E-state index contributed by atoms with van der Waals surface area (Å²) in [5.41, 5.74) is 0.758. The van der Waals surface area contributed by atoms with Crippen LogP contribution >= 0.6 is 0 Å². The molecular formula is C19H38N2. The van der Waals surface area contributed by atoms with Crippen LogP contribution in [0.2, 0.25) is 0 Å². The summed E-state index contributed by atoms with van der Waals surface area (Å²) in [7, 11) is 2.36. The number of nitrogens with one attached hydrogen (secondary N) is 1. The fourth-order valence-electron chi connectivity index (χ4n) is 4.08. The van der Waals surface area contributed by atoms with E-state index in [2.05, 4.69) is 38.0 Å². The monoisotopic (exact) mass is 294 g/mol. The fraction of sp³-hybridized carbons (Fsp3) is 1.00. The Morgan fingerprint density at radius 2 is 1.62 bits per heavy atom. The predicted octanol–water partition coefficient (Wildman–Crippen LogP) is 4.45. The Bertz CT molecular complexity index is 293. The molecular weight excluding hydrogens is 256 g/mol. The van der Waals surface area contributed by atoms with Crippen LogP contribution in [-0.4, -0.2) is 37.1 Å². The Morgan fingerprint density at radius 3 is 2.10 bits per heavy atom. The van der Waals surface area contributed by atoms with Crippen LogP contribution in [-0.2, 0) is 0 Å². The van der Waals surface area contributed by atoms with Crippen molar-refractivity contribution in [3.63, 3.8) is 0 Å². The van der Waals surface area contributed by atoms with E-state index >= 15 is 0 Å². The summed E-state index contributed by atoms with van der Waals surface area (Å²) in [6.45, 7) is 10.7. The standard InChI is InChI=1S/C19H38N2/c1-18(2,3)20-15-19(12-7-5-6-8-13-19)16-21(4)14-17-10-9-11-17/h17,20H,5-16H2,1-4H3. The minimum atomic E-state index is 0.242. The highest BCUT2D eigenvalue weighted by Gasteiger charge is 2.33. The minimum Gasteiger partial charge on any atom is -0.311 e. The van der Waals surface area contributed by atoms with E-state index in [9.17, 15) is 0 Å². The van der Waals surface area contributed by atoms with Crippen LogP contribution in [0.5, 0.6) is 0 Å². The zero-order valence-corrected chi connectivity index (χ0v) is 15.0. The third kappa shape index (κ3) is 5.90. The molecule has 0 bridgehead atoms. The Hall–Kier alpha value is -0.0800. The highest BCUT2D eigenvalue weighted by atomic mass is 15.1. The summed E-state index contributed by atoms with van der Waals surface area (Å²) < 4.78 is 0. The maximum Gasteiger partial charge on any atom is 0.00967 e. The van der Waals surface area contributed by atoms with Crippen molar-refractivity contribution in [1.82, 2.24) is 10.2 Å². The third-order valence-corrected chi connectivity index (χ3v) is 5.56. The van der Waals surface area contributed by atoms with Crippen molar-refractivity contribution in [1.29, 1.82) is 0 Å². The first-order valence-corrected chi connectivity index (χ1v) is 9.32. The van der Waals surface area contributed by atoms with Gasteiger partial charge in [-0.05, 0) is 64.8 Å². The van der Waals surface area contributed by atoms with Crippen molar-refractivity contribution in [2.24, 2.45) is 11.3 Å². The van der Waals surface area contributed by atoms with Crippen molar-refractivity contribution >= 4 is 0 Å². The average Bonchev–Trinajstić information content (AvgIpc) is 2.57. The van der Waals surface area contributed by atoms with E-state index in [0.717, 1.165) is 5.92 Å². The SMILES string of the molecule is CN(CC1CCC1)CC1(CNC(C)(C)C)CCCCCC1. The van der Waals surface area contributed by atoms with Gasteiger partial charge in [0.2, 0.25) is 0 Å². The number of rotatable bonds is 6. The smallest absolute Gasteiger partial charge is 0.00967 e. The Balaban J connectivity index is 1.92. The topological polar surface area (TPSA) is 15.3 Å². The van der Waals surface area contributed by atoms with Gasteiger partial charge in [0.15, 0.2) is 0 Å². The van der Waals surface area contributed by atoms with Crippen molar-refractivity contribution in [2.75, 3.05) is 26.7 Å². The first kappa shape index (κ1) is 17.3. The summed E-state index contributed by atoms with van der Waals surface area (Å²) in [5, 5.41) is 3.82. The summed E-state index contributed by atoms with van der Waals surface area (Å²) >= 11 is 0. The molecule has 2 rings (SSSR count). The molecule has 0 atom stereocenters. The van der Waals surface area contributed by atoms with Gasteiger partial charge in [0.1, 0.15) is 0 Å². The van der Waals surface area contributed by atoms with Crippen molar-refractivity contribution < 1.29 is 0 Å². The van der Waals surface area contributed by atoms with E-state index in [1.807, 2.05) is 0 Å². The van der Waals surface area contributed by atoms with Gasteiger partial charge < -0.3 is 10.2 Å². The molecule has 0 saturated heterocycles. The molecule has 0 aromatic carbocycles. The number of nitrogens with zero attached hydrogens (tertiary/aromatic N) is 1. The molecule has 2 aliphatic rings. The quantitative estimate of drug-likeness (QED) is 0.728. The normalized spacial score (nSPS) is 23.9. The van der Waals surface area contributed by atoms with Gasteiger partial charge in [0, 0.05) is 25.2 Å². The fourth-order valence-corrected chi connectivity index (χ4v) is 4.08. The molecule has 0 heterocycles. The second-order valence-corrected chi connectivity index (χ2v) is 9.01. The van der Waals surface area contributed by atoms with E-state index in [0.29, 0.717) is 5.41 Å². The Kier molecular flexibility index (Phi) is 6.14.